The second-order valence-electron chi connectivity index (χ2n) is 6.13. The average molecular weight is 374 g/mol. The van der Waals surface area contributed by atoms with Gasteiger partial charge >= 0.3 is 0 Å². The Hall–Kier alpha value is -1.59. The van der Waals surface area contributed by atoms with Crippen molar-refractivity contribution in [3.63, 3.8) is 0 Å². The molecule has 0 aliphatic carbocycles. The van der Waals surface area contributed by atoms with Gasteiger partial charge in [-0.15, -0.1) is 23.5 Å². The first-order valence-corrected chi connectivity index (χ1v) is 10.5. The van der Waals surface area contributed by atoms with Crippen molar-refractivity contribution in [2.24, 2.45) is 0 Å². The van der Waals surface area contributed by atoms with Crippen LogP contribution in [0.4, 0.5) is 5.69 Å². The van der Waals surface area contributed by atoms with Crippen LogP contribution in [0.5, 0.6) is 5.75 Å². The number of carbonyl (C=O) groups excluding carboxylic acids is 1. The van der Waals surface area contributed by atoms with Crippen molar-refractivity contribution < 1.29 is 9.53 Å². The number of nitrogens with one attached hydrogen (secondary N) is 1. The number of aryl methyl sites for hydroxylation is 2. The Morgan fingerprint density at radius 3 is 2.48 bits per heavy atom. The SMILES string of the molecule is Cc1ccc(NC(=O)COc2ccc(C3SCCCS3)cc2)cc1C. The highest BCUT2D eigenvalue weighted by molar-refractivity contribution is 8.16. The molecule has 1 amide bonds. The molecule has 0 spiro atoms. The smallest absolute Gasteiger partial charge is 0.262 e. The Balaban J connectivity index is 1.50. The third-order valence-electron chi connectivity index (χ3n) is 4.14. The van der Waals surface area contributed by atoms with E-state index >= 15 is 0 Å². The first-order chi connectivity index (χ1) is 12.1. The standard InChI is InChI=1S/C20H23NO2S2/c1-14-4-7-17(12-15(14)2)21-19(22)13-23-18-8-5-16(6-9-18)20-24-10-3-11-25-20/h4-9,12,20H,3,10-11,13H2,1-2H3,(H,21,22). The summed E-state index contributed by atoms with van der Waals surface area (Å²) in [6.07, 6.45) is 1.29. The largest absolute Gasteiger partial charge is 0.484 e. The van der Waals surface area contributed by atoms with Gasteiger partial charge in [0.15, 0.2) is 6.61 Å². The number of ether oxygens (including phenoxy) is 1. The van der Waals surface area contributed by atoms with Crippen molar-refractivity contribution in [1.29, 1.82) is 0 Å². The Morgan fingerprint density at radius 1 is 1.08 bits per heavy atom. The first-order valence-electron chi connectivity index (χ1n) is 8.45. The molecule has 1 N–H and O–H groups in total. The van der Waals surface area contributed by atoms with Crippen LogP contribution in [0.15, 0.2) is 42.5 Å². The number of hydrogen-bond acceptors (Lipinski definition) is 4. The van der Waals surface area contributed by atoms with Crippen LogP contribution in [0.2, 0.25) is 0 Å². The van der Waals surface area contributed by atoms with E-state index < -0.39 is 0 Å². The van der Waals surface area contributed by atoms with Crippen LogP contribution >= 0.6 is 23.5 Å². The maximum atomic E-state index is 12.1. The van der Waals surface area contributed by atoms with E-state index in [1.165, 1.54) is 29.1 Å². The van der Waals surface area contributed by atoms with Crippen molar-refractivity contribution in [3.05, 3.63) is 59.2 Å². The van der Waals surface area contributed by atoms with Crippen molar-refractivity contribution >= 4 is 35.1 Å². The Bertz CT molecular complexity index is 725. The number of hydrogen-bond donors (Lipinski definition) is 1. The van der Waals surface area contributed by atoms with Gasteiger partial charge in [0.1, 0.15) is 5.75 Å². The van der Waals surface area contributed by atoms with Crippen molar-refractivity contribution in [2.75, 3.05) is 23.4 Å². The van der Waals surface area contributed by atoms with Gasteiger partial charge in [-0.1, -0.05) is 18.2 Å². The van der Waals surface area contributed by atoms with Crippen LogP contribution in [0, 0.1) is 13.8 Å². The van der Waals surface area contributed by atoms with E-state index in [1.807, 2.05) is 60.8 Å². The number of amides is 1. The molecule has 3 rings (SSSR count). The maximum absolute atomic E-state index is 12.1. The summed E-state index contributed by atoms with van der Waals surface area (Å²) in [6.45, 7) is 4.10. The highest BCUT2D eigenvalue weighted by atomic mass is 32.2. The molecule has 1 aliphatic heterocycles. The molecule has 3 nitrogen and oxygen atoms in total. The minimum Gasteiger partial charge on any atom is -0.484 e. The predicted molar refractivity (Wildman–Crippen MR) is 109 cm³/mol. The average Bonchev–Trinajstić information content (AvgIpc) is 2.64. The molecule has 132 valence electrons. The molecule has 1 heterocycles. The monoisotopic (exact) mass is 373 g/mol. The number of thioether (sulfide) groups is 2. The van der Waals surface area contributed by atoms with Gasteiger partial charge in [0.25, 0.3) is 5.91 Å². The van der Waals surface area contributed by atoms with E-state index in [1.54, 1.807) is 0 Å². The summed E-state index contributed by atoms with van der Waals surface area (Å²) in [6, 6.07) is 14.0. The van der Waals surface area contributed by atoms with Gasteiger partial charge in [0, 0.05) is 5.69 Å². The van der Waals surface area contributed by atoms with E-state index in [9.17, 15) is 4.79 Å². The second-order valence-corrected chi connectivity index (χ2v) is 8.86. The molecule has 0 bridgehead atoms. The number of carbonyl (C=O) groups is 1. The van der Waals surface area contributed by atoms with Gasteiger partial charge in [-0.25, -0.2) is 0 Å². The van der Waals surface area contributed by atoms with E-state index in [2.05, 4.69) is 24.4 Å². The zero-order chi connectivity index (χ0) is 17.6. The molecule has 0 unspecified atom stereocenters. The molecule has 5 heteroatoms. The van der Waals surface area contributed by atoms with Gasteiger partial charge in [0.05, 0.1) is 4.58 Å². The molecule has 0 saturated carbocycles. The molecule has 0 aromatic heterocycles. The fourth-order valence-electron chi connectivity index (χ4n) is 2.57. The van der Waals surface area contributed by atoms with Crippen LogP contribution < -0.4 is 10.1 Å². The van der Waals surface area contributed by atoms with Crippen molar-refractivity contribution in [1.82, 2.24) is 0 Å². The summed E-state index contributed by atoms with van der Waals surface area (Å²) in [7, 11) is 0. The normalized spacial score (nSPS) is 15.0. The molecule has 25 heavy (non-hydrogen) atoms. The third-order valence-corrected chi connectivity index (χ3v) is 7.16. The lowest BCUT2D eigenvalue weighted by Gasteiger charge is -2.21. The molecule has 1 saturated heterocycles. The van der Waals surface area contributed by atoms with Gasteiger partial charge in [-0.3, -0.25) is 4.79 Å². The fourth-order valence-corrected chi connectivity index (χ4v) is 5.46. The minimum absolute atomic E-state index is 0.0131. The third kappa shape index (κ3) is 5.19. The lowest BCUT2D eigenvalue weighted by Crippen LogP contribution is -2.20. The minimum atomic E-state index is -0.147. The predicted octanol–water partition coefficient (Wildman–Crippen LogP) is 5.19. The molecule has 2 aromatic rings. The summed E-state index contributed by atoms with van der Waals surface area (Å²) < 4.78 is 6.13. The van der Waals surface area contributed by atoms with E-state index in [0.717, 1.165) is 17.0 Å². The molecule has 0 radical (unpaired) electrons. The Morgan fingerprint density at radius 2 is 1.80 bits per heavy atom. The second kappa shape index (κ2) is 8.68. The highest BCUT2D eigenvalue weighted by Gasteiger charge is 2.16. The Labute approximate surface area is 157 Å². The van der Waals surface area contributed by atoms with Crippen LogP contribution in [0.3, 0.4) is 0 Å². The van der Waals surface area contributed by atoms with Crippen LogP contribution in [-0.2, 0) is 4.79 Å². The highest BCUT2D eigenvalue weighted by Crippen LogP contribution is 2.43. The quantitative estimate of drug-likeness (QED) is 0.783. The molecular formula is C20H23NO2S2. The topological polar surface area (TPSA) is 38.3 Å². The number of rotatable bonds is 5. The van der Waals surface area contributed by atoms with Gasteiger partial charge in [0.2, 0.25) is 0 Å². The van der Waals surface area contributed by atoms with E-state index in [-0.39, 0.29) is 12.5 Å². The van der Waals surface area contributed by atoms with Crippen LogP contribution in [0.1, 0.15) is 27.7 Å². The zero-order valence-corrected chi connectivity index (χ0v) is 16.2. The molecular weight excluding hydrogens is 350 g/mol. The van der Waals surface area contributed by atoms with Crippen molar-refractivity contribution in [3.8, 4) is 5.75 Å². The Kier molecular flexibility index (Phi) is 6.32. The summed E-state index contributed by atoms with van der Waals surface area (Å²) in [5.74, 6) is 3.04. The number of anilines is 1. The van der Waals surface area contributed by atoms with Crippen molar-refractivity contribution in [2.45, 2.75) is 24.9 Å². The van der Waals surface area contributed by atoms with Gasteiger partial charge in [-0.05, 0) is 72.7 Å². The molecule has 2 aromatic carbocycles. The lowest BCUT2D eigenvalue weighted by atomic mass is 10.1. The summed E-state index contributed by atoms with van der Waals surface area (Å²) in [5.41, 5.74) is 4.50. The fraction of sp³-hybridized carbons (Fsp3) is 0.350. The van der Waals surface area contributed by atoms with Crippen LogP contribution in [-0.4, -0.2) is 24.0 Å². The molecule has 0 atom stereocenters. The summed E-state index contributed by atoms with van der Waals surface area (Å²) in [5, 5.41) is 2.87. The van der Waals surface area contributed by atoms with Crippen LogP contribution in [0.25, 0.3) is 0 Å². The number of benzene rings is 2. The molecule has 1 aliphatic rings. The first kappa shape index (κ1) is 18.2. The van der Waals surface area contributed by atoms with E-state index in [0.29, 0.717) is 4.58 Å². The lowest BCUT2D eigenvalue weighted by molar-refractivity contribution is -0.118. The summed E-state index contributed by atoms with van der Waals surface area (Å²) in [4.78, 5) is 12.1. The zero-order valence-electron chi connectivity index (χ0n) is 14.6. The van der Waals surface area contributed by atoms with E-state index in [4.69, 9.17) is 4.74 Å². The maximum Gasteiger partial charge on any atom is 0.262 e. The van der Waals surface area contributed by atoms with Gasteiger partial charge in [-0.2, -0.15) is 0 Å². The van der Waals surface area contributed by atoms with Gasteiger partial charge < -0.3 is 10.1 Å². The molecule has 1 fully saturated rings. The summed E-state index contributed by atoms with van der Waals surface area (Å²) >= 11 is 4.00.